The maximum absolute atomic E-state index is 11.8. The third-order valence-electron chi connectivity index (χ3n) is 3.11. The maximum Gasteiger partial charge on any atom is 0.212 e. The van der Waals surface area contributed by atoms with Crippen LogP contribution in [0.2, 0.25) is 0 Å². The van der Waals surface area contributed by atoms with Gasteiger partial charge in [0.15, 0.2) is 0 Å². The van der Waals surface area contributed by atoms with Crippen LogP contribution in [0.5, 0.6) is 0 Å². The van der Waals surface area contributed by atoms with Crippen LogP contribution in [0, 0.1) is 11.8 Å². The molecule has 0 amide bonds. The zero-order valence-corrected chi connectivity index (χ0v) is 11.1. The average molecular weight is 248 g/mol. The molecule has 0 spiro atoms. The fourth-order valence-corrected chi connectivity index (χ4v) is 4.14. The molecule has 0 aromatic rings. The lowest BCUT2D eigenvalue weighted by Crippen LogP contribution is -2.45. The molecule has 96 valence electrons. The molecule has 3 N–H and O–H groups in total. The fourth-order valence-electron chi connectivity index (χ4n) is 2.41. The molecule has 0 saturated heterocycles. The Labute approximate surface area is 99.0 Å². The van der Waals surface area contributed by atoms with Gasteiger partial charge in [-0.15, -0.1) is 0 Å². The first-order chi connectivity index (χ1) is 7.44. The first kappa shape index (κ1) is 13.9. The number of nitrogens with two attached hydrogens (primary N) is 1. The predicted octanol–water partition coefficient (Wildman–Crippen LogP) is 1.08. The van der Waals surface area contributed by atoms with Crippen molar-refractivity contribution in [1.82, 2.24) is 4.72 Å². The number of hydrogen-bond donors (Lipinski definition) is 2. The minimum absolute atomic E-state index is 0.0637. The van der Waals surface area contributed by atoms with Crippen LogP contribution in [0.4, 0.5) is 0 Å². The van der Waals surface area contributed by atoms with E-state index in [1.54, 1.807) is 0 Å². The Morgan fingerprint density at radius 1 is 1.31 bits per heavy atom. The molecule has 0 bridgehead atoms. The third-order valence-corrected chi connectivity index (χ3v) is 4.87. The maximum atomic E-state index is 11.8. The molecule has 16 heavy (non-hydrogen) atoms. The van der Waals surface area contributed by atoms with Crippen molar-refractivity contribution in [2.45, 2.75) is 45.6 Å². The van der Waals surface area contributed by atoms with Crippen molar-refractivity contribution in [2.24, 2.45) is 17.6 Å². The summed E-state index contributed by atoms with van der Waals surface area (Å²) in [6.07, 6.45) is 4.61. The van der Waals surface area contributed by atoms with Gasteiger partial charge in [0.05, 0.1) is 5.75 Å². The van der Waals surface area contributed by atoms with Crippen LogP contribution in [-0.4, -0.2) is 26.8 Å². The first-order valence-corrected chi connectivity index (χ1v) is 7.80. The molecule has 1 aliphatic rings. The fraction of sp³-hybridized carbons (Fsp3) is 1.00. The molecule has 0 radical (unpaired) electrons. The van der Waals surface area contributed by atoms with Crippen molar-refractivity contribution in [1.29, 1.82) is 0 Å². The van der Waals surface area contributed by atoms with E-state index < -0.39 is 10.0 Å². The summed E-state index contributed by atoms with van der Waals surface area (Å²) in [6.45, 7) is 4.22. The molecule has 5 heteroatoms. The second-order valence-electron chi connectivity index (χ2n) is 5.18. The molecule has 1 atom stereocenters. The lowest BCUT2D eigenvalue weighted by molar-refractivity contribution is 0.404. The van der Waals surface area contributed by atoms with E-state index in [0.29, 0.717) is 12.5 Å². The van der Waals surface area contributed by atoms with Gasteiger partial charge in [-0.2, -0.15) is 0 Å². The van der Waals surface area contributed by atoms with Crippen molar-refractivity contribution in [3.05, 3.63) is 0 Å². The second-order valence-corrected chi connectivity index (χ2v) is 6.98. The quantitative estimate of drug-likeness (QED) is 0.739. The normalized spacial score (nSPS) is 20.5. The van der Waals surface area contributed by atoms with Crippen molar-refractivity contribution < 1.29 is 8.42 Å². The van der Waals surface area contributed by atoms with Gasteiger partial charge in [0.2, 0.25) is 10.0 Å². The number of hydrogen-bond acceptors (Lipinski definition) is 3. The molecule has 0 aromatic heterocycles. The van der Waals surface area contributed by atoms with E-state index in [1.807, 2.05) is 13.8 Å². The van der Waals surface area contributed by atoms with Crippen LogP contribution in [0.3, 0.4) is 0 Å². The Balaban J connectivity index is 2.55. The molecule has 0 heterocycles. The molecule has 0 aliphatic heterocycles. The molecule has 1 fully saturated rings. The molecule has 1 rings (SSSR count). The Kier molecular flexibility index (Phi) is 5.21. The number of nitrogens with one attached hydrogen (secondary N) is 1. The van der Waals surface area contributed by atoms with Crippen molar-refractivity contribution in [3.63, 3.8) is 0 Å². The topological polar surface area (TPSA) is 72.2 Å². The highest BCUT2D eigenvalue weighted by atomic mass is 32.2. The lowest BCUT2D eigenvalue weighted by Gasteiger charge is -2.23. The van der Waals surface area contributed by atoms with Crippen LogP contribution >= 0.6 is 0 Å². The summed E-state index contributed by atoms with van der Waals surface area (Å²) in [5.74, 6) is 0.780. The van der Waals surface area contributed by atoms with E-state index in [9.17, 15) is 8.42 Å². The Morgan fingerprint density at radius 3 is 2.31 bits per heavy atom. The Morgan fingerprint density at radius 2 is 1.88 bits per heavy atom. The summed E-state index contributed by atoms with van der Waals surface area (Å²) in [6, 6.07) is -0.0637. The van der Waals surface area contributed by atoms with Gasteiger partial charge >= 0.3 is 0 Å². The van der Waals surface area contributed by atoms with Crippen LogP contribution in [0.1, 0.15) is 39.5 Å². The number of rotatable bonds is 6. The zero-order valence-electron chi connectivity index (χ0n) is 10.3. The van der Waals surface area contributed by atoms with Gasteiger partial charge in [0.25, 0.3) is 0 Å². The summed E-state index contributed by atoms with van der Waals surface area (Å²) in [4.78, 5) is 0. The van der Waals surface area contributed by atoms with Crippen LogP contribution in [0.25, 0.3) is 0 Å². The largest absolute Gasteiger partial charge is 0.329 e. The third kappa shape index (κ3) is 4.39. The Hall–Kier alpha value is -0.130. The van der Waals surface area contributed by atoms with E-state index in [0.717, 1.165) is 12.8 Å². The van der Waals surface area contributed by atoms with Crippen molar-refractivity contribution >= 4 is 10.0 Å². The summed E-state index contributed by atoms with van der Waals surface area (Å²) in [5, 5.41) is 0. The predicted molar refractivity (Wildman–Crippen MR) is 66.6 cm³/mol. The average Bonchev–Trinajstić information content (AvgIpc) is 2.64. The highest BCUT2D eigenvalue weighted by Crippen LogP contribution is 2.27. The van der Waals surface area contributed by atoms with Crippen molar-refractivity contribution in [2.75, 3.05) is 12.3 Å². The van der Waals surface area contributed by atoms with Gasteiger partial charge in [-0.25, -0.2) is 13.1 Å². The SMILES string of the molecule is CC(C)CS(=O)(=O)NC(CN)C1CCCC1. The van der Waals surface area contributed by atoms with Crippen molar-refractivity contribution in [3.8, 4) is 0 Å². The summed E-state index contributed by atoms with van der Waals surface area (Å²) in [7, 11) is -3.16. The van der Waals surface area contributed by atoms with E-state index in [2.05, 4.69) is 4.72 Å². The summed E-state index contributed by atoms with van der Waals surface area (Å²) in [5.41, 5.74) is 5.66. The zero-order chi connectivity index (χ0) is 12.2. The van der Waals surface area contributed by atoms with Gasteiger partial charge in [-0.3, -0.25) is 0 Å². The molecular weight excluding hydrogens is 224 g/mol. The molecule has 1 aliphatic carbocycles. The summed E-state index contributed by atoms with van der Waals surface area (Å²) >= 11 is 0. The van der Waals surface area contributed by atoms with E-state index in [-0.39, 0.29) is 17.7 Å². The highest BCUT2D eigenvalue weighted by molar-refractivity contribution is 7.89. The van der Waals surface area contributed by atoms with Crippen LogP contribution < -0.4 is 10.5 Å². The minimum atomic E-state index is -3.16. The van der Waals surface area contributed by atoms with E-state index in [4.69, 9.17) is 5.73 Å². The lowest BCUT2D eigenvalue weighted by atomic mass is 9.99. The summed E-state index contributed by atoms with van der Waals surface area (Å²) < 4.78 is 26.4. The van der Waals surface area contributed by atoms with Gasteiger partial charge in [0, 0.05) is 12.6 Å². The second kappa shape index (κ2) is 5.98. The van der Waals surface area contributed by atoms with Gasteiger partial charge in [0.1, 0.15) is 0 Å². The van der Waals surface area contributed by atoms with Crippen LogP contribution in [-0.2, 0) is 10.0 Å². The van der Waals surface area contributed by atoms with E-state index in [1.165, 1.54) is 12.8 Å². The number of sulfonamides is 1. The van der Waals surface area contributed by atoms with Gasteiger partial charge < -0.3 is 5.73 Å². The van der Waals surface area contributed by atoms with E-state index >= 15 is 0 Å². The highest BCUT2D eigenvalue weighted by Gasteiger charge is 2.27. The monoisotopic (exact) mass is 248 g/mol. The van der Waals surface area contributed by atoms with Crippen LogP contribution in [0.15, 0.2) is 0 Å². The first-order valence-electron chi connectivity index (χ1n) is 6.14. The molecule has 1 unspecified atom stereocenters. The standard InChI is InChI=1S/C11H24N2O2S/c1-9(2)8-16(14,15)13-11(7-12)10-5-3-4-6-10/h9-11,13H,3-8,12H2,1-2H3. The molecular formula is C11H24N2O2S. The Bertz CT molecular complexity index is 295. The molecule has 0 aromatic carbocycles. The minimum Gasteiger partial charge on any atom is -0.329 e. The van der Waals surface area contributed by atoms with Gasteiger partial charge in [-0.05, 0) is 24.7 Å². The molecule has 4 nitrogen and oxygen atoms in total. The smallest absolute Gasteiger partial charge is 0.212 e. The van der Waals surface area contributed by atoms with Gasteiger partial charge in [-0.1, -0.05) is 26.7 Å². The molecule has 1 saturated carbocycles.